The molecule has 0 unspecified atom stereocenters. The zero-order valence-corrected chi connectivity index (χ0v) is 9.16. The SMILES string of the molecule is CCCn1cc(N[C@H](C)COC)cn1. The second kappa shape index (κ2) is 5.65. The lowest BCUT2D eigenvalue weighted by Gasteiger charge is -2.11. The smallest absolute Gasteiger partial charge is 0.0729 e. The number of aromatic nitrogens is 2. The van der Waals surface area contributed by atoms with Crippen LogP contribution in [-0.2, 0) is 11.3 Å². The maximum atomic E-state index is 5.04. The number of nitrogens with zero attached hydrogens (tertiary/aromatic N) is 2. The van der Waals surface area contributed by atoms with Crippen LogP contribution in [-0.4, -0.2) is 29.5 Å². The number of aryl methyl sites for hydroxylation is 1. The van der Waals surface area contributed by atoms with Crippen molar-refractivity contribution < 1.29 is 4.74 Å². The number of rotatable bonds is 6. The minimum atomic E-state index is 0.319. The third-order valence-electron chi connectivity index (χ3n) is 1.92. The Morgan fingerprint density at radius 2 is 2.43 bits per heavy atom. The maximum Gasteiger partial charge on any atom is 0.0729 e. The summed E-state index contributed by atoms with van der Waals surface area (Å²) < 4.78 is 6.99. The van der Waals surface area contributed by atoms with Crippen LogP contribution in [0.15, 0.2) is 12.4 Å². The Labute approximate surface area is 85.3 Å². The highest BCUT2D eigenvalue weighted by atomic mass is 16.5. The minimum Gasteiger partial charge on any atom is -0.383 e. The second-order valence-electron chi connectivity index (χ2n) is 3.49. The first-order valence-electron chi connectivity index (χ1n) is 5.04. The third kappa shape index (κ3) is 3.38. The molecule has 0 aliphatic carbocycles. The molecule has 0 saturated heterocycles. The molecule has 0 aromatic carbocycles. The second-order valence-corrected chi connectivity index (χ2v) is 3.49. The van der Waals surface area contributed by atoms with Crippen LogP contribution in [0.25, 0.3) is 0 Å². The average Bonchev–Trinajstić information content (AvgIpc) is 2.53. The Bertz CT molecular complexity index is 260. The van der Waals surface area contributed by atoms with E-state index in [1.165, 1.54) is 0 Å². The molecule has 1 rings (SSSR count). The quantitative estimate of drug-likeness (QED) is 0.755. The van der Waals surface area contributed by atoms with Gasteiger partial charge in [0.2, 0.25) is 0 Å². The summed E-state index contributed by atoms with van der Waals surface area (Å²) in [6, 6.07) is 0.319. The predicted molar refractivity (Wildman–Crippen MR) is 57.5 cm³/mol. The lowest BCUT2D eigenvalue weighted by molar-refractivity contribution is 0.190. The van der Waals surface area contributed by atoms with E-state index in [9.17, 15) is 0 Å². The van der Waals surface area contributed by atoms with E-state index in [0.717, 1.165) is 18.7 Å². The summed E-state index contributed by atoms with van der Waals surface area (Å²) in [7, 11) is 1.71. The average molecular weight is 197 g/mol. The Kier molecular flexibility index (Phi) is 4.46. The van der Waals surface area contributed by atoms with Gasteiger partial charge in [-0.1, -0.05) is 6.92 Å². The fraction of sp³-hybridized carbons (Fsp3) is 0.700. The fourth-order valence-corrected chi connectivity index (χ4v) is 1.37. The van der Waals surface area contributed by atoms with Crippen LogP contribution in [0.3, 0.4) is 0 Å². The van der Waals surface area contributed by atoms with Crippen LogP contribution in [0.2, 0.25) is 0 Å². The van der Waals surface area contributed by atoms with E-state index in [-0.39, 0.29) is 0 Å². The highest BCUT2D eigenvalue weighted by Gasteiger charge is 2.02. The molecule has 4 heteroatoms. The Morgan fingerprint density at radius 1 is 1.64 bits per heavy atom. The normalized spacial score (nSPS) is 12.8. The molecule has 1 aromatic heterocycles. The summed E-state index contributed by atoms with van der Waals surface area (Å²) in [5.74, 6) is 0. The van der Waals surface area contributed by atoms with Gasteiger partial charge in [-0.3, -0.25) is 4.68 Å². The maximum absolute atomic E-state index is 5.04. The van der Waals surface area contributed by atoms with Crippen LogP contribution in [0, 0.1) is 0 Å². The zero-order chi connectivity index (χ0) is 10.4. The van der Waals surface area contributed by atoms with Crippen LogP contribution < -0.4 is 5.32 Å². The molecule has 4 nitrogen and oxygen atoms in total. The predicted octanol–water partition coefficient (Wildman–Crippen LogP) is 1.74. The number of hydrogen-bond acceptors (Lipinski definition) is 3. The van der Waals surface area contributed by atoms with Gasteiger partial charge < -0.3 is 10.1 Å². The summed E-state index contributed by atoms with van der Waals surface area (Å²) in [4.78, 5) is 0. The molecule has 14 heavy (non-hydrogen) atoms. The lowest BCUT2D eigenvalue weighted by atomic mass is 10.3. The molecule has 0 amide bonds. The number of hydrogen-bond donors (Lipinski definition) is 1. The van der Waals surface area contributed by atoms with Crippen molar-refractivity contribution in [3.8, 4) is 0 Å². The van der Waals surface area contributed by atoms with E-state index >= 15 is 0 Å². The zero-order valence-electron chi connectivity index (χ0n) is 9.16. The standard InChI is InChI=1S/C10H19N3O/c1-4-5-13-7-10(6-11-13)12-9(2)8-14-3/h6-7,9,12H,4-5,8H2,1-3H3/t9-/m1/s1. The van der Waals surface area contributed by atoms with E-state index in [1.807, 2.05) is 17.1 Å². The van der Waals surface area contributed by atoms with Crippen LogP contribution in [0.4, 0.5) is 5.69 Å². The minimum absolute atomic E-state index is 0.319. The molecule has 0 aliphatic heterocycles. The monoisotopic (exact) mass is 197 g/mol. The van der Waals surface area contributed by atoms with Crippen molar-refractivity contribution in [2.75, 3.05) is 19.0 Å². The van der Waals surface area contributed by atoms with Gasteiger partial charge in [-0.15, -0.1) is 0 Å². The van der Waals surface area contributed by atoms with Crippen LogP contribution in [0.5, 0.6) is 0 Å². The Morgan fingerprint density at radius 3 is 3.07 bits per heavy atom. The molecule has 0 aliphatic rings. The van der Waals surface area contributed by atoms with Crippen molar-refractivity contribution in [2.24, 2.45) is 0 Å². The molecule has 0 fully saturated rings. The highest BCUT2D eigenvalue weighted by molar-refractivity contribution is 5.39. The van der Waals surface area contributed by atoms with E-state index in [1.54, 1.807) is 7.11 Å². The van der Waals surface area contributed by atoms with Gasteiger partial charge >= 0.3 is 0 Å². The van der Waals surface area contributed by atoms with Crippen molar-refractivity contribution in [3.63, 3.8) is 0 Å². The van der Waals surface area contributed by atoms with Gasteiger partial charge in [-0.05, 0) is 13.3 Å². The molecule has 1 N–H and O–H groups in total. The van der Waals surface area contributed by atoms with Crippen molar-refractivity contribution in [3.05, 3.63) is 12.4 Å². The molecular weight excluding hydrogens is 178 g/mol. The van der Waals surface area contributed by atoms with E-state index in [4.69, 9.17) is 4.74 Å². The van der Waals surface area contributed by atoms with Gasteiger partial charge in [0.25, 0.3) is 0 Å². The van der Waals surface area contributed by atoms with E-state index < -0.39 is 0 Å². The molecule has 1 heterocycles. The summed E-state index contributed by atoms with van der Waals surface area (Å²) in [6.07, 6.45) is 4.98. The molecular formula is C10H19N3O. The molecule has 0 spiro atoms. The van der Waals surface area contributed by atoms with Crippen LogP contribution in [0.1, 0.15) is 20.3 Å². The van der Waals surface area contributed by atoms with Crippen molar-refractivity contribution >= 4 is 5.69 Å². The van der Waals surface area contributed by atoms with Crippen LogP contribution >= 0.6 is 0 Å². The van der Waals surface area contributed by atoms with E-state index in [0.29, 0.717) is 12.6 Å². The number of ether oxygens (including phenoxy) is 1. The molecule has 80 valence electrons. The summed E-state index contributed by atoms with van der Waals surface area (Å²) in [5.41, 5.74) is 1.06. The number of anilines is 1. The molecule has 1 atom stereocenters. The van der Waals surface area contributed by atoms with Gasteiger partial charge in [-0.25, -0.2) is 0 Å². The lowest BCUT2D eigenvalue weighted by Crippen LogP contribution is -2.20. The summed E-state index contributed by atoms with van der Waals surface area (Å²) in [6.45, 7) is 5.91. The van der Waals surface area contributed by atoms with Crippen molar-refractivity contribution in [2.45, 2.75) is 32.9 Å². The first kappa shape index (κ1) is 11.0. The number of methoxy groups -OCH3 is 1. The summed E-state index contributed by atoms with van der Waals surface area (Å²) in [5, 5.41) is 7.55. The largest absolute Gasteiger partial charge is 0.383 e. The molecule has 1 aromatic rings. The Hall–Kier alpha value is -1.03. The van der Waals surface area contributed by atoms with Gasteiger partial charge in [0.1, 0.15) is 0 Å². The van der Waals surface area contributed by atoms with Crippen molar-refractivity contribution in [1.82, 2.24) is 9.78 Å². The molecule has 0 bridgehead atoms. The van der Waals surface area contributed by atoms with E-state index in [2.05, 4.69) is 24.3 Å². The summed E-state index contributed by atoms with van der Waals surface area (Å²) >= 11 is 0. The van der Waals surface area contributed by atoms with Gasteiger partial charge in [0, 0.05) is 25.9 Å². The van der Waals surface area contributed by atoms with Gasteiger partial charge in [-0.2, -0.15) is 5.10 Å². The number of nitrogens with one attached hydrogen (secondary N) is 1. The first-order chi connectivity index (χ1) is 6.76. The fourth-order valence-electron chi connectivity index (χ4n) is 1.37. The van der Waals surface area contributed by atoms with Gasteiger partial charge in [0.05, 0.1) is 18.5 Å². The third-order valence-corrected chi connectivity index (χ3v) is 1.92. The van der Waals surface area contributed by atoms with Crippen molar-refractivity contribution in [1.29, 1.82) is 0 Å². The Balaban J connectivity index is 2.42. The molecule has 0 radical (unpaired) electrons. The topological polar surface area (TPSA) is 39.1 Å². The molecule has 0 saturated carbocycles. The first-order valence-corrected chi connectivity index (χ1v) is 5.04. The van der Waals surface area contributed by atoms with Gasteiger partial charge in [0.15, 0.2) is 0 Å². The highest BCUT2D eigenvalue weighted by Crippen LogP contribution is 2.07.